The second kappa shape index (κ2) is 6.40. The third kappa shape index (κ3) is 3.74. The maximum absolute atomic E-state index is 10.7. The Hall–Kier alpha value is -1.55. The number of hydrogen-bond donors (Lipinski definition) is 1. The summed E-state index contributed by atoms with van der Waals surface area (Å²) in [4.78, 5) is 13.1. The van der Waals surface area contributed by atoms with Gasteiger partial charge in [-0.2, -0.15) is 0 Å². The standard InChI is InChI=1S/C14H19NO3/c16-14(17)11-12-5-1-2-6-13(12)18-10-9-15-7-3-4-8-15/h1-2,5-6H,3-4,7-11H2,(H,16,17). The summed E-state index contributed by atoms with van der Waals surface area (Å²) in [5, 5.41) is 8.83. The number of benzene rings is 1. The van der Waals surface area contributed by atoms with Crippen LogP contribution in [0.1, 0.15) is 18.4 Å². The molecular formula is C14H19NO3. The molecule has 4 heteroatoms. The van der Waals surface area contributed by atoms with E-state index in [4.69, 9.17) is 9.84 Å². The maximum Gasteiger partial charge on any atom is 0.307 e. The molecule has 0 atom stereocenters. The molecule has 1 saturated heterocycles. The van der Waals surface area contributed by atoms with Gasteiger partial charge in [0, 0.05) is 12.1 Å². The molecule has 0 radical (unpaired) electrons. The molecule has 0 spiro atoms. The van der Waals surface area contributed by atoms with Gasteiger partial charge in [0.1, 0.15) is 12.4 Å². The van der Waals surface area contributed by atoms with Crippen LogP contribution in [0.3, 0.4) is 0 Å². The monoisotopic (exact) mass is 249 g/mol. The number of para-hydroxylation sites is 1. The zero-order chi connectivity index (χ0) is 12.8. The molecule has 1 aromatic carbocycles. The number of likely N-dealkylation sites (tertiary alicyclic amines) is 1. The molecule has 1 fully saturated rings. The van der Waals surface area contributed by atoms with Crippen molar-refractivity contribution in [3.8, 4) is 5.75 Å². The second-order valence-corrected chi connectivity index (χ2v) is 4.58. The van der Waals surface area contributed by atoms with E-state index in [2.05, 4.69) is 4.90 Å². The van der Waals surface area contributed by atoms with Gasteiger partial charge in [-0.1, -0.05) is 18.2 Å². The largest absolute Gasteiger partial charge is 0.492 e. The van der Waals surface area contributed by atoms with E-state index in [1.807, 2.05) is 18.2 Å². The number of nitrogens with zero attached hydrogens (tertiary/aromatic N) is 1. The van der Waals surface area contributed by atoms with Crippen LogP contribution in [0.2, 0.25) is 0 Å². The number of aliphatic carboxylic acids is 1. The van der Waals surface area contributed by atoms with Crippen molar-refractivity contribution in [1.82, 2.24) is 4.90 Å². The number of carbonyl (C=O) groups is 1. The van der Waals surface area contributed by atoms with E-state index in [1.54, 1.807) is 6.07 Å². The number of rotatable bonds is 6. The predicted octanol–water partition coefficient (Wildman–Crippen LogP) is 1.79. The Balaban J connectivity index is 1.85. The van der Waals surface area contributed by atoms with Crippen molar-refractivity contribution in [2.24, 2.45) is 0 Å². The highest BCUT2D eigenvalue weighted by molar-refractivity contribution is 5.71. The molecule has 0 saturated carbocycles. The van der Waals surface area contributed by atoms with Crippen molar-refractivity contribution >= 4 is 5.97 Å². The second-order valence-electron chi connectivity index (χ2n) is 4.58. The first-order valence-electron chi connectivity index (χ1n) is 6.40. The lowest BCUT2D eigenvalue weighted by Crippen LogP contribution is -2.25. The van der Waals surface area contributed by atoms with E-state index in [1.165, 1.54) is 12.8 Å². The van der Waals surface area contributed by atoms with Gasteiger partial charge in [0.2, 0.25) is 0 Å². The molecule has 0 amide bonds. The van der Waals surface area contributed by atoms with Gasteiger partial charge in [0.05, 0.1) is 6.42 Å². The summed E-state index contributed by atoms with van der Waals surface area (Å²) in [6.07, 6.45) is 2.56. The fourth-order valence-electron chi connectivity index (χ4n) is 2.24. The van der Waals surface area contributed by atoms with Crippen molar-refractivity contribution < 1.29 is 14.6 Å². The summed E-state index contributed by atoms with van der Waals surface area (Å²) in [6, 6.07) is 7.35. The lowest BCUT2D eigenvalue weighted by molar-refractivity contribution is -0.136. The minimum absolute atomic E-state index is 0.0138. The number of carboxylic acid groups (broad SMARTS) is 1. The quantitative estimate of drug-likeness (QED) is 0.835. The van der Waals surface area contributed by atoms with Crippen LogP contribution in [0, 0.1) is 0 Å². The Morgan fingerprint density at radius 2 is 2.00 bits per heavy atom. The van der Waals surface area contributed by atoms with Gasteiger partial charge in [-0.15, -0.1) is 0 Å². The first-order chi connectivity index (χ1) is 8.75. The highest BCUT2D eigenvalue weighted by Gasteiger charge is 2.12. The van der Waals surface area contributed by atoms with E-state index >= 15 is 0 Å². The SMILES string of the molecule is O=C(O)Cc1ccccc1OCCN1CCCC1. The van der Waals surface area contributed by atoms with Gasteiger partial charge in [-0.3, -0.25) is 9.69 Å². The van der Waals surface area contributed by atoms with Crippen molar-refractivity contribution in [3.63, 3.8) is 0 Å². The minimum atomic E-state index is -0.828. The summed E-state index contributed by atoms with van der Waals surface area (Å²) in [5.74, 6) is -0.135. The van der Waals surface area contributed by atoms with E-state index in [9.17, 15) is 4.79 Å². The fraction of sp³-hybridized carbons (Fsp3) is 0.500. The topological polar surface area (TPSA) is 49.8 Å². The molecule has 0 aliphatic carbocycles. The summed E-state index contributed by atoms with van der Waals surface area (Å²) < 4.78 is 5.69. The van der Waals surface area contributed by atoms with Crippen molar-refractivity contribution in [2.45, 2.75) is 19.3 Å². The number of ether oxygens (including phenoxy) is 1. The van der Waals surface area contributed by atoms with Gasteiger partial charge in [0.15, 0.2) is 0 Å². The highest BCUT2D eigenvalue weighted by atomic mass is 16.5. The van der Waals surface area contributed by atoms with Gasteiger partial charge in [0.25, 0.3) is 0 Å². The molecule has 0 aromatic heterocycles. The molecule has 0 bridgehead atoms. The molecule has 0 unspecified atom stereocenters. The summed E-state index contributed by atoms with van der Waals surface area (Å²) in [5.41, 5.74) is 0.742. The molecule has 1 aliphatic heterocycles. The lowest BCUT2D eigenvalue weighted by Gasteiger charge is -2.16. The van der Waals surface area contributed by atoms with Crippen molar-refractivity contribution in [3.05, 3.63) is 29.8 Å². The molecule has 4 nitrogen and oxygen atoms in total. The third-order valence-corrected chi connectivity index (χ3v) is 3.18. The maximum atomic E-state index is 10.7. The minimum Gasteiger partial charge on any atom is -0.492 e. The average Bonchev–Trinajstić information content (AvgIpc) is 2.84. The zero-order valence-electron chi connectivity index (χ0n) is 10.5. The third-order valence-electron chi connectivity index (χ3n) is 3.18. The summed E-state index contributed by atoms with van der Waals surface area (Å²) in [6.45, 7) is 3.85. The first-order valence-corrected chi connectivity index (χ1v) is 6.40. The van der Waals surface area contributed by atoms with Gasteiger partial charge >= 0.3 is 5.97 Å². The molecule has 98 valence electrons. The number of hydrogen-bond acceptors (Lipinski definition) is 3. The summed E-state index contributed by atoms with van der Waals surface area (Å²) >= 11 is 0. The normalized spacial score (nSPS) is 15.8. The summed E-state index contributed by atoms with van der Waals surface area (Å²) in [7, 11) is 0. The molecule has 1 heterocycles. The van der Waals surface area contributed by atoms with Gasteiger partial charge in [-0.25, -0.2) is 0 Å². The van der Waals surface area contributed by atoms with Gasteiger partial charge in [-0.05, 0) is 32.0 Å². The fourth-order valence-corrected chi connectivity index (χ4v) is 2.24. The van der Waals surface area contributed by atoms with Crippen LogP contribution in [-0.2, 0) is 11.2 Å². The smallest absolute Gasteiger partial charge is 0.307 e. The number of carboxylic acids is 1. The molecule has 1 N–H and O–H groups in total. The van der Waals surface area contributed by atoms with E-state index in [0.29, 0.717) is 12.4 Å². The zero-order valence-corrected chi connectivity index (χ0v) is 10.5. The van der Waals surface area contributed by atoms with Crippen LogP contribution >= 0.6 is 0 Å². The Morgan fingerprint density at radius 3 is 2.72 bits per heavy atom. The molecule has 1 aliphatic rings. The Labute approximate surface area is 107 Å². The molecule has 1 aromatic rings. The van der Waals surface area contributed by atoms with Crippen molar-refractivity contribution in [2.75, 3.05) is 26.2 Å². The molecular weight excluding hydrogens is 230 g/mol. The van der Waals surface area contributed by atoms with E-state index < -0.39 is 5.97 Å². The van der Waals surface area contributed by atoms with Crippen LogP contribution in [0.4, 0.5) is 0 Å². The lowest BCUT2D eigenvalue weighted by atomic mass is 10.1. The average molecular weight is 249 g/mol. The van der Waals surface area contributed by atoms with Crippen LogP contribution in [0.15, 0.2) is 24.3 Å². The Morgan fingerprint density at radius 1 is 1.28 bits per heavy atom. The van der Waals surface area contributed by atoms with Gasteiger partial charge < -0.3 is 9.84 Å². The van der Waals surface area contributed by atoms with Crippen molar-refractivity contribution in [1.29, 1.82) is 0 Å². The van der Waals surface area contributed by atoms with E-state index in [0.717, 1.165) is 25.2 Å². The Kier molecular flexibility index (Phi) is 4.59. The van der Waals surface area contributed by atoms with E-state index in [-0.39, 0.29) is 6.42 Å². The molecule has 18 heavy (non-hydrogen) atoms. The van der Waals surface area contributed by atoms with Crippen LogP contribution in [-0.4, -0.2) is 42.2 Å². The Bertz CT molecular complexity index is 400. The van der Waals surface area contributed by atoms with Crippen LogP contribution < -0.4 is 4.74 Å². The molecule has 2 rings (SSSR count). The highest BCUT2D eigenvalue weighted by Crippen LogP contribution is 2.18. The van der Waals surface area contributed by atoms with Crippen LogP contribution in [0.25, 0.3) is 0 Å². The first kappa shape index (κ1) is 12.9. The van der Waals surface area contributed by atoms with Crippen LogP contribution in [0.5, 0.6) is 5.75 Å². The predicted molar refractivity (Wildman–Crippen MR) is 69.0 cm³/mol.